The van der Waals surface area contributed by atoms with Crippen LogP contribution >= 0.6 is 0 Å². The molecule has 7 nitrogen and oxygen atoms in total. The quantitative estimate of drug-likeness (QED) is 0.342. The normalized spacial score (nSPS) is 11.5. The Morgan fingerprint density at radius 2 is 1.26 bits per heavy atom. The van der Waals surface area contributed by atoms with Gasteiger partial charge in [0.2, 0.25) is 0 Å². The van der Waals surface area contributed by atoms with E-state index in [0.717, 1.165) is 5.56 Å². The van der Waals surface area contributed by atoms with E-state index < -0.39 is 28.1 Å². The summed E-state index contributed by atoms with van der Waals surface area (Å²) >= 11 is 0. The van der Waals surface area contributed by atoms with Crippen LogP contribution in [0.2, 0.25) is 0 Å². The third-order valence-corrected chi connectivity index (χ3v) is 4.69. The summed E-state index contributed by atoms with van der Waals surface area (Å²) in [7, 11) is -3.88. The van der Waals surface area contributed by atoms with E-state index in [2.05, 4.69) is 0 Å². The maximum Gasteiger partial charge on any atom is 0.345 e. The Kier molecular flexibility index (Phi) is 9.08. The van der Waals surface area contributed by atoms with Crippen molar-refractivity contribution in [1.29, 1.82) is 0 Å². The fourth-order valence-corrected chi connectivity index (χ4v) is 3.15. The Morgan fingerprint density at radius 3 is 1.74 bits per heavy atom. The second kappa shape index (κ2) is 11.8. The Balaban J connectivity index is 0.000000262. The molecule has 0 saturated carbocycles. The van der Waals surface area contributed by atoms with Gasteiger partial charge in [-0.2, -0.15) is 8.42 Å². The van der Waals surface area contributed by atoms with E-state index in [1.807, 2.05) is 30.3 Å². The van der Waals surface area contributed by atoms with Crippen LogP contribution in [0.4, 0.5) is 0 Å². The standard InChI is InChI=1S/C16H15NO3.C7H8O3S/c17-14(11-12-7-3-1-4-8-12)16(19)20-15(18)13-9-5-2-6-10-13;8-11(9,10)6-7-4-2-1-3-5-7/h1-10,14H,11,17H2;1-5H,6H2,(H,8,9,10)/t14-;/m0./s1. The fourth-order valence-electron chi connectivity index (χ4n) is 2.54. The minimum Gasteiger partial charge on any atom is -0.388 e. The van der Waals surface area contributed by atoms with Crippen LogP contribution in [0.1, 0.15) is 21.5 Å². The fraction of sp³-hybridized carbons (Fsp3) is 0.130. The Bertz CT molecular complexity index is 1070. The number of carbonyl (C=O) groups excluding carboxylic acids is 2. The number of rotatable bonds is 6. The topological polar surface area (TPSA) is 124 Å². The number of ether oxygens (including phenoxy) is 1. The molecule has 0 heterocycles. The number of benzene rings is 3. The molecule has 0 spiro atoms. The molecule has 3 aromatic rings. The number of carbonyl (C=O) groups is 2. The summed E-state index contributed by atoms with van der Waals surface area (Å²) in [6, 6.07) is 25.3. The van der Waals surface area contributed by atoms with Crippen LogP contribution in [0, 0.1) is 0 Å². The summed E-state index contributed by atoms with van der Waals surface area (Å²) in [5.41, 5.74) is 7.59. The van der Waals surface area contributed by atoms with Gasteiger partial charge in [-0.25, -0.2) is 9.59 Å². The maximum absolute atomic E-state index is 11.8. The van der Waals surface area contributed by atoms with Crippen molar-refractivity contribution in [2.24, 2.45) is 5.73 Å². The summed E-state index contributed by atoms with van der Waals surface area (Å²) in [5, 5.41) is 0. The molecular formula is C23H23NO6S. The molecule has 0 aliphatic rings. The Labute approximate surface area is 181 Å². The van der Waals surface area contributed by atoms with Gasteiger partial charge in [0.15, 0.2) is 0 Å². The molecule has 0 bridgehead atoms. The zero-order valence-corrected chi connectivity index (χ0v) is 17.4. The van der Waals surface area contributed by atoms with Gasteiger partial charge in [-0.1, -0.05) is 78.9 Å². The van der Waals surface area contributed by atoms with Gasteiger partial charge < -0.3 is 10.5 Å². The molecular weight excluding hydrogens is 418 g/mol. The highest BCUT2D eigenvalue weighted by molar-refractivity contribution is 7.85. The highest BCUT2D eigenvalue weighted by Gasteiger charge is 2.20. The van der Waals surface area contributed by atoms with Crippen molar-refractivity contribution in [3.05, 3.63) is 108 Å². The van der Waals surface area contributed by atoms with E-state index in [1.165, 1.54) is 0 Å². The minimum absolute atomic E-state index is 0.312. The smallest absolute Gasteiger partial charge is 0.345 e. The molecule has 0 aromatic heterocycles. The average Bonchev–Trinajstić information content (AvgIpc) is 2.75. The molecule has 0 radical (unpaired) electrons. The SMILES string of the molecule is N[C@@H](Cc1ccccc1)C(=O)OC(=O)c1ccccc1.O=S(=O)(O)Cc1ccccc1. The third kappa shape index (κ3) is 9.35. The van der Waals surface area contributed by atoms with Crippen molar-refractivity contribution in [2.45, 2.75) is 18.2 Å². The second-order valence-electron chi connectivity index (χ2n) is 6.58. The number of hydrogen-bond acceptors (Lipinski definition) is 6. The van der Waals surface area contributed by atoms with Crippen molar-refractivity contribution in [2.75, 3.05) is 0 Å². The van der Waals surface area contributed by atoms with Crippen LogP contribution in [-0.2, 0) is 31.8 Å². The highest BCUT2D eigenvalue weighted by atomic mass is 32.2. The van der Waals surface area contributed by atoms with Gasteiger partial charge >= 0.3 is 11.9 Å². The monoisotopic (exact) mass is 441 g/mol. The summed E-state index contributed by atoms with van der Waals surface area (Å²) in [6.45, 7) is 0. The van der Waals surface area contributed by atoms with Crippen LogP contribution in [0.3, 0.4) is 0 Å². The Hall–Kier alpha value is -3.33. The average molecular weight is 442 g/mol. The van der Waals surface area contributed by atoms with Crippen molar-refractivity contribution < 1.29 is 27.3 Å². The second-order valence-corrected chi connectivity index (χ2v) is 8.04. The summed E-state index contributed by atoms with van der Waals surface area (Å²) < 4.78 is 33.9. The van der Waals surface area contributed by atoms with E-state index >= 15 is 0 Å². The van der Waals surface area contributed by atoms with Crippen molar-refractivity contribution in [1.82, 2.24) is 0 Å². The Morgan fingerprint density at radius 1 is 0.806 bits per heavy atom. The van der Waals surface area contributed by atoms with Crippen LogP contribution in [-0.4, -0.2) is 31.0 Å². The van der Waals surface area contributed by atoms with E-state index in [9.17, 15) is 18.0 Å². The zero-order valence-electron chi connectivity index (χ0n) is 16.6. The van der Waals surface area contributed by atoms with Gasteiger partial charge in [-0.05, 0) is 29.7 Å². The molecule has 0 unspecified atom stereocenters. The number of hydrogen-bond donors (Lipinski definition) is 2. The molecule has 162 valence electrons. The van der Waals surface area contributed by atoms with Gasteiger partial charge in [0, 0.05) is 0 Å². The van der Waals surface area contributed by atoms with E-state index in [-0.39, 0.29) is 5.75 Å². The molecule has 8 heteroatoms. The van der Waals surface area contributed by atoms with E-state index in [4.69, 9.17) is 15.0 Å². The maximum atomic E-state index is 11.8. The van der Waals surface area contributed by atoms with Crippen molar-refractivity contribution in [3.63, 3.8) is 0 Å². The first-order chi connectivity index (χ1) is 14.7. The summed E-state index contributed by atoms with van der Waals surface area (Å²) in [6.07, 6.45) is 0.335. The molecule has 1 atom stereocenters. The first-order valence-electron chi connectivity index (χ1n) is 9.34. The molecule has 0 fully saturated rings. The van der Waals surface area contributed by atoms with Gasteiger partial charge in [0.1, 0.15) is 11.8 Å². The van der Waals surface area contributed by atoms with Crippen molar-refractivity contribution in [3.8, 4) is 0 Å². The zero-order chi connectivity index (χ0) is 22.7. The molecule has 0 saturated heterocycles. The first kappa shape index (κ1) is 23.9. The van der Waals surface area contributed by atoms with Gasteiger partial charge in [0.05, 0.1) is 5.56 Å². The largest absolute Gasteiger partial charge is 0.388 e. The van der Waals surface area contributed by atoms with Crippen molar-refractivity contribution >= 4 is 22.1 Å². The van der Waals surface area contributed by atoms with Crippen LogP contribution in [0.25, 0.3) is 0 Å². The predicted molar refractivity (Wildman–Crippen MR) is 117 cm³/mol. The highest BCUT2D eigenvalue weighted by Crippen LogP contribution is 2.06. The van der Waals surface area contributed by atoms with Gasteiger partial charge in [-0.15, -0.1) is 0 Å². The molecule has 3 rings (SSSR count). The van der Waals surface area contributed by atoms with E-state index in [0.29, 0.717) is 17.5 Å². The molecule has 0 aliphatic carbocycles. The van der Waals surface area contributed by atoms with Crippen LogP contribution in [0.15, 0.2) is 91.0 Å². The van der Waals surface area contributed by atoms with Gasteiger partial charge in [0.25, 0.3) is 10.1 Å². The predicted octanol–water partition coefficient (Wildman–Crippen LogP) is 3.01. The lowest BCUT2D eigenvalue weighted by molar-refractivity contribution is -0.139. The number of esters is 2. The molecule has 31 heavy (non-hydrogen) atoms. The van der Waals surface area contributed by atoms with Crippen LogP contribution < -0.4 is 5.73 Å². The summed E-state index contributed by atoms with van der Waals surface area (Å²) in [4.78, 5) is 23.5. The lowest BCUT2D eigenvalue weighted by Gasteiger charge is -2.10. The van der Waals surface area contributed by atoms with E-state index in [1.54, 1.807) is 60.7 Å². The lowest BCUT2D eigenvalue weighted by Crippen LogP contribution is -2.35. The van der Waals surface area contributed by atoms with Crippen LogP contribution in [0.5, 0.6) is 0 Å². The lowest BCUT2D eigenvalue weighted by atomic mass is 10.1. The third-order valence-electron chi connectivity index (χ3n) is 4.00. The molecule has 3 N–H and O–H groups in total. The molecule has 3 aromatic carbocycles. The minimum atomic E-state index is -3.88. The first-order valence-corrected chi connectivity index (χ1v) is 10.9. The molecule has 0 amide bonds. The molecule has 0 aliphatic heterocycles. The summed E-state index contributed by atoms with van der Waals surface area (Å²) in [5.74, 6) is -1.71. The van der Waals surface area contributed by atoms with Gasteiger partial charge in [-0.3, -0.25) is 4.55 Å². The number of nitrogens with two attached hydrogens (primary N) is 1.